The van der Waals surface area contributed by atoms with Crippen molar-refractivity contribution in [2.75, 3.05) is 7.05 Å². The number of hydrogen-bond donors (Lipinski definition) is 0. The van der Waals surface area contributed by atoms with E-state index < -0.39 is 0 Å². The molecule has 2 aromatic carbocycles. The fraction of sp³-hybridized carbons (Fsp3) is 0.381. The molecule has 0 N–H and O–H groups in total. The largest absolute Gasteiger partial charge is 0.300 e. The van der Waals surface area contributed by atoms with E-state index in [1.54, 1.807) is 24.3 Å². The number of carbonyl (C=O) groups excluding carboxylic acids is 1. The Bertz CT molecular complexity index is 771. The van der Waals surface area contributed by atoms with E-state index in [4.69, 9.17) is 0 Å². The van der Waals surface area contributed by atoms with Gasteiger partial charge in [0.05, 0.1) is 0 Å². The van der Waals surface area contributed by atoms with Crippen LogP contribution < -0.4 is 0 Å². The van der Waals surface area contributed by atoms with Gasteiger partial charge in [-0.3, -0.25) is 9.69 Å². The molecule has 0 aliphatic carbocycles. The van der Waals surface area contributed by atoms with Gasteiger partial charge in [-0.15, -0.1) is 0 Å². The minimum atomic E-state index is -0.340. The topological polar surface area (TPSA) is 20.3 Å². The second-order valence-electron chi connectivity index (χ2n) is 7.25. The Kier molecular flexibility index (Phi) is 4.16. The third-order valence-corrected chi connectivity index (χ3v) is 6.00. The molecule has 2 nitrogen and oxygen atoms in total. The third kappa shape index (κ3) is 2.89. The van der Waals surface area contributed by atoms with Crippen LogP contribution in [0.3, 0.4) is 0 Å². The molecular formula is C21H21F2NO. The van der Waals surface area contributed by atoms with Gasteiger partial charge in [0.15, 0.2) is 5.78 Å². The normalized spacial score (nSPS) is 28.9. The van der Waals surface area contributed by atoms with Crippen LogP contribution in [0.4, 0.5) is 8.78 Å². The monoisotopic (exact) mass is 341 g/mol. The highest BCUT2D eigenvalue weighted by molar-refractivity contribution is 5.99. The molecule has 4 rings (SSSR count). The Hall–Kier alpha value is -2.07. The lowest BCUT2D eigenvalue weighted by molar-refractivity contribution is 0.0643. The average Bonchev–Trinajstić information content (AvgIpc) is 2.85. The van der Waals surface area contributed by atoms with E-state index in [2.05, 4.69) is 11.9 Å². The third-order valence-electron chi connectivity index (χ3n) is 6.00. The molecule has 0 spiro atoms. The van der Waals surface area contributed by atoms with Crippen LogP contribution >= 0.6 is 0 Å². The van der Waals surface area contributed by atoms with Gasteiger partial charge in [-0.2, -0.15) is 0 Å². The van der Waals surface area contributed by atoms with Gasteiger partial charge in [-0.1, -0.05) is 12.1 Å². The molecule has 4 atom stereocenters. The standard InChI is InChI=1S/C21H21F2NO/c1-24-17-10-11-19(24)20(21(25)14-4-8-16(23)9-5-14)18(12-17)13-2-6-15(22)7-3-13/h2-9,17-20H,10-12H2,1H3/t17-,18+,19+,20-/m0/s1. The number of fused-ring (bicyclic) bond motifs is 2. The van der Waals surface area contributed by atoms with Crippen molar-refractivity contribution in [2.24, 2.45) is 5.92 Å². The molecule has 130 valence electrons. The summed E-state index contributed by atoms with van der Waals surface area (Å²) < 4.78 is 26.6. The van der Waals surface area contributed by atoms with E-state index in [0.29, 0.717) is 11.6 Å². The lowest BCUT2D eigenvalue weighted by Gasteiger charge is -2.42. The number of Topliss-reactive ketones (excluding diaryl/α,β-unsaturated/α-hetero) is 1. The van der Waals surface area contributed by atoms with Crippen LogP contribution in [-0.4, -0.2) is 29.8 Å². The highest BCUT2D eigenvalue weighted by atomic mass is 19.1. The summed E-state index contributed by atoms with van der Waals surface area (Å²) in [5.74, 6) is -0.646. The fourth-order valence-electron chi connectivity index (χ4n) is 4.68. The van der Waals surface area contributed by atoms with Crippen LogP contribution in [0.2, 0.25) is 0 Å². The molecular weight excluding hydrogens is 320 g/mol. The molecule has 0 amide bonds. The van der Waals surface area contributed by atoms with Crippen LogP contribution in [0, 0.1) is 17.6 Å². The average molecular weight is 341 g/mol. The minimum Gasteiger partial charge on any atom is -0.300 e. The predicted molar refractivity (Wildman–Crippen MR) is 92.6 cm³/mol. The van der Waals surface area contributed by atoms with E-state index in [1.807, 2.05) is 0 Å². The number of piperidine rings is 1. The lowest BCUT2D eigenvalue weighted by Crippen LogP contribution is -2.48. The fourth-order valence-corrected chi connectivity index (χ4v) is 4.68. The summed E-state index contributed by atoms with van der Waals surface area (Å²) in [7, 11) is 2.09. The Morgan fingerprint density at radius 2 is 1.56 bits per heavy atom. The number of rotatable bonds is 3. The molecule has 0 saturated carbocycles. The first-order valence-electron chi connectivity index (χ1n) is 8.82. The lowest BCUT2D eigenvalue weighted by atomic mass is 9.73. The number of nitrogens with zero attached hydrogens (tertiary/aromatic N) is 1. The summed E-state index contributed by atoms with van der Waals surface area (Å²) in [6, 6.07) is 13.0. The summed E-state index contributed by atoms with van der Waals surface area (Å²) in [6.45, 7) is 0. The first kappa shape index (κ1) is 16.4. The van der Waals surface area contributed by atoms with Crippen molar-refractivity contribution < 1.29 is 13.6 Å². The van der Waals surface area contributed by atoms with E-state index in [9.17, 15) is 13.6 Å². The molecule has 0 aromatic heterocycles. The molecule has 2 aromatic rings. The van der Waals surface area contributed by atoms with Crippen LogP contribution in [0.25, 0.3) is 0 Å². The molecule has 4 heteroatoms. The van der Waals surface area contributed by atoms with Crippen molar-refractivity contribution >= 4 is 5.78 Å². The zero-order valence-corrected chi connectivity index (χ0v) is 14.2. The molecule has 2 saturated heterocycles. The predicted octanol–water partition coefficient (Wildman–Crippen LogP) is 4.41. The van der Waals surface area contributed by atoms with Crippen molar-refractivity contribution in [1.82, 2.24) is 4.90 Å². The van der Waals surface area contributed by atoms with Crippen molar-refractivity contribution in [2.45, 2.75) is 37.3 Å². The first-order chi connectivity index (χ1) is 12.0. The zero-order valence-electron chi connectivity index (χ0n) is 14.2. The maximum Gasteiger partial charge on any atom is 0.168 e. The van der Waals surface area contributed by atoms with E-state index in [0.717, 1.165) is 24.8 Å². The molecule has 2 bridgehead atoms. The first-order valence-corrected chi connectivity index (χ1v) is 8.82. The van der Waals surface area contributed by atoms with Gasteiger partial charge in [0.25, 0.3) is 0 Å². The van der Waals surface area contributed by atoms with Gasteiger partial charge in [0.2, 0.25) is 0 Å². The maximum absolute atomic E-state index is 13.3. The van der Waals surface area contributed by atoms with Gasteiger partial charge in [-0.05, 0) is 74.2 Å². The molecule has 2 aliphatic rings. The highest BCUT2D eigenvalue weighted by Gasteiger charge is 2.48. The van der Waals surface area contributed by atoms with E-state index in [1.165, 1.54) is 24.3 Å². The Labute approximate surface area is 146 Å². The second-order valence-corrected chi connectivity index (χ2v) is 7.25. The SMILES string of the molecule is CN1[C@H]2CC[C@@H]1[C@@H](C(=O)c1ccc(F)cc1)[C@@H](c1ccc(F)cc1)C2. The molecule has 0 radical (unpaired) electrons. The summed E-state index contributed by atoms with van der Waals surface area (Å²) in [5.41, 5.74) is 1.57. The van der Waals surface area contributed by atoms with Gasteiger partial charge < -0.3 is 0 Å². The van der Waals surface area contributed by atoms with Gasteiger partial charge in [0.1, 0.15) is 11.6 Å². The van der Waals surface area contributed by atoms with Crippen LogP contribution in [0.5, 0.6) is 0 Å². The number of carbonyl (C=O) groups is 1. The molecule has 2 heterocycles. The Morgan fingerprint density at radius 1 is 0.960 bits per heavy atom. The van der Waals surface area contributed by atoms with Crippen molar-refractivity contribution in [3.8, 4) is 0 Å². The number of halogens is 2. The smallest absolute Gasteiger partial charge is 0.168 e. The molecule has 25 heavy (non-hydrogen) atoms. The highest BCUT2D eigenvalue weighted by Crippen LogP contribution is 2.47. The number of hydrogen-bond acceptors (Lipinski definition) is 2. The van der Waals surface area contributed by atoms with Crippen molar-refractivity contribution in [3.63, 3.8) is 0 Å². The quantitative estimate of drug-likeness (QED) is 0.771. The van der Waals surface area contributed by atoms with Gasteiger partial charge >= 0.3 is 0 Å². The molecule has 2 fully saturated rings. The van der Waals surface area contributed by atoms with Crippen molar-refractivity contribution in [3.05, 3.63) is 71.3 Å². The summed E-state index contributed by atoms with van der Waals surface area (Å²) in [4.78, 5) is 15.6. The number of benzene rings is 2. The van der Waals surface area contributed by atoms with Crippen molar-refractivity contribution in [1.29, 1.82) is 0 Å². The second kappa shape index (κ2) is 6.34. The Balaban J connectivity index is 1.72. The van der Waals surface area contributed by atoms with Gasteiger partial charge in [0, 0.05) is 23.6 Å². The van der Waals surface area contributed by atoms with E-state index in [-0.39, 0.29) is 35.3 Å². The summed E-state index contributed by atoms with van der Waals surface area (Å²) in [6.07, 6.45) is 2.98. The van der Waals surface area contributed by atoms with Crippen LogP contribution in [0.15, 0.2) is 48.5 Å². The minimum absolute atomic E-state index is 0.0616. The molecule has 2 aliphatic heterocycles. The Morgan fingerprint density at radius 3 is 2.20 bits per heavy atom. The zero-order chi connectivity index (χ0) is 17.6. The van der Waals surface area contributed by atoms with Crippen LogP contribution in [0.1, 0.15) is 41.1 Å². The molecule has 0 unspecified atom stereocenters. The van der Waals surface area contributed by atoms with Gasteiger partial charge in [-0.25, -0.2) is 8.78 Å². The maximum atomic E-state index is 13.3. The number of ketones is 1. The van der Waals surface area contributed by atoms with E-state index >= 15 is 0 Å². The summed E-state index contributed by atoms with van der Waals surface area (Å²) in [5, 5.41) is 0. The van der Waals surface area contributed by atoms with Crippen LogP contribution in [-0.2, 0) is 0 Å². The summed E-state index contributed by atoms with van der Waals surface area (Å²) >= 11 is 0.